The summed E-state index contributed by atoms with van der Waals surface area (Å²) >= 11 is 22.7. The van der Waals surface area contributed by atoms with Crippen LogP contribution in [0, 0.1) is 5.92 Å². The van der Waals surface area contributed by atoms with Crippen molar-refractivity contribution < 1.29 is 9.59 Å². The fourth-order valence-electron chi connectivity index (χ4n) is 3.05. The van der Waals surface area contributed by atoms with Crippen molar-refractivity contribution >= 4 is 80.0 Å². The monoisotopic (exact) mass is 603 g/mol. The number of thioether (sulfide) groups is 1. The predicted octanol–water partition coefficient (Wildman–Crippen LogP) is 6.40. The molecule has 7 nitrogen and oxygen atoms in total. The molecule has 0 saturated carbocycles. The zero-order valence-electron chi connectivity index (χ0n) is 18.4. The van der Waals surface area contributed by atoms with Crippen molar-refractivity contribution in [2.45, 2.75) is 25.0 Å². The number of rotatable bonds is 8. The minimum absolute atomic E-state index is 0.0150. The van der Waals surface area contributed by atoms with Crippen molar-refractivity contribution in [1.82, 2.24) is 20.1 Å². The quantitative estimate of drug-likeness (QED) is 0.290. The number of carbonyl (C=O) groups is 2. The third kappa shape index (κ3) is 6.66. The lowest BCUT2D eigenvalue weighted by Gasteiger charge is -2.22. The van der Waals surface area contributed by atoms with Crippen molar-refractivity contribution in [2.24, 2.45) is 13.0 Å². The summed E-state index contributed by atoms with van der Waals surface area (Å²) in [6, 6.07) is 9.46. The Bertz CT molecular complexity index is 1220. The first-order valence-corrected chi connectivity index (χ1v) is 13.0. The van der Waals surface area contributed by atoms with Crippen LogP contribution in [-0.2, 0) is 11.8 Å². The second-order valence-corrected chi connectivity index (χ2v) is 10.7. The van der Waals surface area contributed by atoms with Gasteiger partial charge in [-0.25, -0.2) is 0 Å². The molecule has 0 spiro atoms. The first kappa shape index (κ1) is 26.8. The zero-order valence-corrected chi connectivity index (χ0v) is 23.1. The molecular formula is C22H21BrCl3N5O2S. The zero-order chi connectivity index (χ0) is 25.0. The number of nitrogens with zero attached hydrogens (tertiary/aromatic N) is 3. The van der Waals surface area contributed by atoms with E-state index in [0.29, 0.717) is 32.3 Å². The maximum absolute atomic E-state index is 12.9. The van der Waals surface area contributed by atoms with E-state index >= 15 is 0 Å². The van der Waals surface area contributed by atoms with Gasteiger partial charge < -0.3 is 15.2 Å². The molecule has 1 heterocycles. The largest absolute Gasteiger partial charge is 0.342 e. The number of nitrogens with one attached hydrogen (secondary N) is 2. The van der Waals surface area contributed by atoms with E-state index in [4.69, 9.17) is 34.8 Å². The van der Waals surface area contributed by atoms with Gasteiger partial charge in [0.15, 0.2) is 11.0 Å². The van der Waals surface area contributed by atoms with Crippen LogP contribution in [0.25, 0.3) is 0 Å². The summed E-state index contributed by atoms with van der Waals surface area (Å²) < 4.78 is 2.52. The fourth-order valence-corrected chi connectivity index (χ4v) is 4.69. The maximum atomic E-state index is 12.9. The van der Waals surface area contributed by atoms with Gasteiger partial charge in [-0.2, -0.15) is 0 Å². The van der Waals surface area contributed by atoms with Crippen LogP contribution in [0.1, 0.15) is 36.1 Å². The Labute approximate surface area is 225 Å². The lowest BCUT2D eigenvalue weighted by Crippen LogP contribution is -2.33. The van der Waals surface area contributed by atoms with Crippen LogP contribution in [0.15, 0.2) is 46.0 Å². The minimum Gasteiger partial charge on any atom is -0.342 e. The highest BCUT2D eigenvalue weighted by molar-refractivity contribution is 9.10. The normalized spacial score (nSPS) is 12.0. The lowest BCUT2D eigenvalue weighted by atomic mass is 10.0. The molecule has 2 amide bonds. The SMILES string of the molecule is CC(C)[C@H](NC(=O)c1ccc(Cl)cc1Cl)c1nnc(SCC(=O)Nc2ccc(Br)c(Cl)c2)n1C. The van der Waals surface area contributed by atoms with Gasteiger partial charge in [0.2, 0.25) is 5.91 Å². The third-order valence-electron chi connectivity index (χ3n) is 4.81. The van der Waals surface area contributed by atoms with Crippen molar-refractivity contribution in [3.05, 3.63) is 67.3 Å². The number of hydrogen-bond acceptors (Lipinski definition) is 5. The maximum Gasteiger partial charge on any atom is 0.253 e. The second kappa shape index (κ2) is 11.8. The van der Waals surface area contributed by atoms with Crippen LogP contribution in [-0.4, -0.2) is 32.3 Å². The summed E-state index contributed by atoms with van der Waals surface area (Å²) in [7, 11) is 1.79. The Balaban J connectivity index is 1.68. The van der Waals surface area contributed by atoms with Crippen LogP contribution >= 0.6 is 62.5 Å². The Morgan fingerprint density at radius 1 is 1.09 bits per heavy atom. The summed E-state index contributed by atoms with van der Waals surface area (Å²) in [4.78, 5) is 25.2. The molecule has 2 N–H and O–H groups in total. The van der Waals surface area contributed by atoms with Crippen molar-refractivity contribution in [1.29, 1.82) is 0 Å². The van der Waals surface area contributed by atoms with Crippen LogP contribution in [0.3, 0.4) is 0 Å². The molecule has 1 aromatic heterocycles. The Morgan fingerprint density at radius 3 is 2.47 bits per heavy atom. The Hall–Kier alpha value is -1.78. The number of anilines is 1. The number of halogens is 4. The molecule has 0 aliphatic rings. The number of carbonyl (C=O) groups excluding carboxylic acids is 2. The molecule has 2 aromatic carbocycles. The highest BCUT2D eigenvalue weighted by Gasteiger charge is 2.26. The van der Waals surface area contributed by atoms with Crippen LogP contribution in [0.2, 0.25) is 15.1 Å². The molecule has 0 saturated heterocycles. The number of hydrogen-bond donors (Lipinski definition) is 2. The first-order valence-electron chi connectivity index (χ1n) is 10.1. The van der Waals surface area contributed by atoms with Crippen LogP contribution in [0.4, 0.5) is 5.69 Å². The molecular weight excluding hydrogens is 585 g/mol. The fraction of sp³-hybridized carbons (Fsp3) is 0.273. The molecule has 3 rings (SSSR count). The Morgan fingerprint density at radius 2 is 1.82 bits per heavy atom. The minimum atomic E-state index is -0.426. The van der Waals surface area contributed by atoms with Crippen molar-refractivity contribution in [3.8, 4) is 0 Å². The van der Waals surface area contributed by atoms with Gasteiger partial charge in [-0.05, 0) is 58.2 Å². The van der Waals surface area contributed by atoms with E-state index in [1.165, 1.54) is 17.8 Å². The van der Waals surface area contributed by atoms with Gasteiger partial charge in [-0.15, -0.1) is 10.2 Å². The van der Waals surface area contributed by atoms with Crippen molar-refractivity contribution in [2.75, 3.05) is 11.1 Å². The van der Waals surface area contributed by atoms with Gasteiger partial charge in [0.05, 0.1) is 27.4 Å². The lowest BCUT2D eigenvalue weighted by molar-refractivity contribution is -0.113. The van der Waals surface area contributed by atoms with E-state index in [2.05, 4.69) is 36.8 Å². The molecule has 3 aromatic rings. The summed E-state index contributed by atoms with van der Waals surface area (Å²) in [5.74, 6) is 0.153. The molecule has 34 heavy (non-hydrogen) atoms. The average molecular weight is 606 g/mol. The molecule has 0 unspecified atom stereocenters. The van der Waals surface area contributed by atoms with E-state index < -0.39 is 6.04 Å². The molecule has 0 bridgehead atoms. The topological polar surface area (TPSA) is 88.9 Å². The smallest absolute Gasteiger partial charge is 0.253 e. The Kier molecular flexibility index (Phi) is 9.28. The first-order chi connectivity index (χ1) is 16.1. The average Bonchev–Trinajstić information content (AvgIpc) is 3.12. The van der Waals surface area contributed by atoms with Crippen LogP contribution in [0.5, 0.6) is 0 Å². The van der Waals surface area contributed by atoms with Gasteiger partial charge in [-0.3, -0.25) is 9.59 Å². The molecule has 12 heteroatoms. The summed E-state index contributed by atoms with van der Waals surface area (Å²) in [6.07, 6.45) is 0. The molecule has 0 radical (unpaired) electrons. The van der Waals surface area contributed by atoms with Gasteiger partial charge in [0.25, 0.3) is 5.91 Å². The van der Waals surface area contributed by atoms with E-state index in [1.54, 1.807) is 41.9 Å². The predicted molar refractivity (Wildman–Crippen MR) is 141 cm³/mol. The van der Waals surface area contributed by atoms with Crippen LogP contribution < -0.4 is 10.6 Å². The van der Waals surface area contributed by atoms with E-state index in [-0.39, 0.29) is 28.5 Å². The molecule has 0 aliphatic carbocycles. The number of amides is 2. The second-order valence-electron chi connectivity index (χ2n) is 7.68. The molecule has 1 atom stereocenters. The molecule has 180 valence electrons. The standard InChI is InChI=1S/C22H21BrCl3N5O2S/c1-11(2)19(28-21(33)14-6-4-12(24)8-16(14)25)20-29-30-22(31(20)3)34-10-18(32)27-13-5-7-15(23)17(26)9-13/h4-9,11,19H,10H2,1-3H3,(H,27,32)(H,28,33)/t19-/m0/s1. The van der Waals surface area contributed by atoms with Gasteiger partial charge in [-0.1, -0.05) is 60.4 Å². The van der Waals surface area contributed by atoms with Gasteiger partial charge in [0, 0.05) is 22.2 Å². The van der Waals surface area contributed by atoms with Crippen molar-refractivity contribution in [3.63, 3.8) is 0 Å². The highest BCUT2D eigenvalue weighted by Crippen LogP contribution is 2.28. The van der Waals surface area contributed by atoms with E-state index in [1.807, 2.05) is 13.8 Å². The number of benzene rings is 2. The molecule has 0 aliphatic heterocycles. The third-order valence-corrected chi connectivity index (χ3v) is 7.61. The summed E-state index contributed by atoms with van der Waals surface area (Å²) in [6.45, 7) is 3.93. The summed E-state index contributed by atoms with van der Waals surface area (Å²) in [5.41, 5.74) is 0.916. The van der Waals surface area contributed by atoms with Gasteiger partial charge >= 0.3 is 0 Å². The number of aromatic nitrogens is 3. The van der Waals surface area contributed by atoms with E-state index in [9.17, 15) is 9.59 Å². The van der Waals surface area contributed by atoms with Gasteiger partial charge in [0.1, 0.15) is 0 Å². The summed E-state index contributed by atoms with van der Waals surface area (Å²) in [5, 5.41) is 16.0. The van der Waals surface area contributed by atoms with E-state index in [0.717, 1.165) is 4.47 Å². The molecule has 0 fully saturated rings. The highest BCUT2D eigenvalue weighted by atomic mass is 79.9.